The Kier molecular flexibility index (Phi) is 4.01. The van der Waals surface area contributed by atoms with Gasteiger partial charge in [0.2, 0.25) is 0 Å². The van der Waals surface area contributed by atoms with E-state index in [-0.39, 0.29) is 5.56 Å². The topological polar surface area (TPSA) is 48.5 Å². The molecular weight excluding hydrogens is 350 g/mol. The average Bonchev–Trinajstić information content (AvgIpc) is 3.51. The number of fused-ring (bicyclic) bond motifs is 1. The lowest BCUT2D eigenvalue weighted by Crippen LogP contribution is -2.17. The van der Waals surface area contributed by atoms with Crippen LogP contribution in [0.25, 0.3) is 11.3 Å². The Morgan fingerprint density at radius 1 is 1.11 bits per heavy atom. The Labute approximate surface area is 162 Å². The van der Waals surface area contributed by atoms with Crippen molar-refractivity contribution < 1.29 is 4.74 Å². The van der Waals surface area contributed by atoms with E-state index in [9.17, 15) is 4.79 Å². The second kappa shape index (κ2) is 6.68. The van der Waals surface area contributed by atoms with Gasteiger partial charge in [-0.05, 0) is 43.5 Å². The van der Waals surface area contributed by atoms with Gasteiger partial charge in [-0.2, -0.15) is 0 Å². The lowest BCUT2D eigenvalue weighted by molar-refractivity contribution is 0.305. The fourth-order valence-corrected chi connectivity index (χ4v) is 3.56. The minimum absolute atomic E-state index is 0.120. The van der Waals surface area contributed by atoms with Gasteiger partial charge in [0.1, 0.15) is 18.0 Å². The van der Waals surface area contributed by atoms with Crippen LogP contribution in [0.3, 0.4) is 0 Å². The second-order valence-corrected chi connectivity index (χ2v) is 7.32. The molecule has 28 heavy (non-hydrogen) atoms. The van der Waals surface area contributed by atoms with E-state index >= 15 is 0 Å². The van der Waals surface area contributed by atoms with Crippen LogP contribution in [0.2, 0.25) is 0 Å². The predicted octanol–water partition coefficient (Wildman–Crippen LogP) is 4.25. The van der Waals surface area contributed by atoms with E-state index in [1.54, 1.807) is 10.8 Å². The number of nitrogens with zero attached hydrogens (tertiary/aromatic N) is 3. The van der Waals surface area contributed by atoms with Crippen molar-refractivity contribution >= 4 is 5.65 Å². The highest BCUT2D eigenvalue weighted by atomic mass is 16.5. The molecule has 0 spiro atoms. The molecule has 3 heterocycles. The Morgan fingerprint density at radius 3 is 2.68 bits per heavy atom. The van der Waals surface area contributed by atoms with Crippen LogP contribution in [-0.4, -0.2) is 14.0 Å². The van der Waals surface area contributed by atoms with Crippen molar-refractivity contribution in [2.75, 3.05) is 0 Å². The number of pyridine rings is 2. The molecule has 0 radical (unpaired) electrons. The van der Waals surface area contributed by atoms with Crippen molar-refractivity contribution in [3.63, 3.8) is 0 Å². The molecule has 0 saturated heterocycles. The molecule has 0 atom stereocenters. The highest BCUT2D eigenvalue weighted by molar-refractivity contribution is 5.49. The Hall–Kier alpha value is -3.34. The number of rotatable bonds is 5. The molecule has 0 aliphatic heterocycles. The molecule has 0 bridgehead atoms. The van der Waals surface area contributed by atoms with Crippen LogP contribution in [0, 0.1) is 6.92 Å². The lowest BCUT2D eigenvalue weighted by atomic mass is 10.2. The first-order valence-electron chi connectivity index (χ1n) is 9.57. The van der Waals surface area contributed by atoms with Crippen LogP contribution >= 0.6 is 0 Å². The van der Waals surface area contributed by atoms with E-state index in [0.717, 1.165) is 22.6 Å². The van der Waals surface area contributed by atoms with Crippen LogP contribution in [0.15, 0.2) is 71.8 Å². The first kappa shape index (κ1) is 16.8. The normalized spacial score (nSPS) is 13.8. The fourth-order valence-electron chi connectivity index (χ4n) is 3.56. The average molecular weight is 371 g/mol. The summed E-state index contributed by atoms with van der Waals surface area (Å²) in [6.45, 7) is 2.54. The largest absolute Gasteiger partial charge is 0.489 e. The third-order valence-electron chi connectivity index (χ3n) is 5.26. The fraction of sp³-hybridized carbons (Fsp3) is 0.217. The molecule has 3 aromatic heterocycles. The molecule has 1 saturated carbocycles. The van der Waals surface area contributed by atoms with Gasteiger partial charge in [0, 0.05) is 30.1 Å². The summed E-state index contributed by atoms with van der Waals surface area (Å²) in [5, 5.41) is 0. The van der Waals surface area contributed by atoms with Crippen LogP contribution in [-0.2, 0) is 6.61 Å². The van der Waals surface area contributed by atoms with Crippen molar-refractivity contribution in [2.24, 2.45) is 0 Å². The van der Waals surface area contributed by atoms with Gasteiger partial charge in [-0.3, -0.25) is 9.36 Å². The van der Waals surface area contributed by atoms with E-state index in [4.69, 9.17) is 9.72 Å². The number of aryl methyl sites for hydroxylation is 1. The Morgan fingerprint density at radius 2 is 1.93 bits per heavy atom. The third-order valence-corrected chi connectivity index (χ3v) is 5.26. The SMILES string of the molecule is Cc1c(C2CC2)nc2ccc(-n3ccc(OCc4ccccc4)cc3=O)cn12. The summed E-state index contributed by atoms with van der Waals surface area (Å²) in [6.07, 6.45) is 6.19. The molecule has 4 aromatic rings. The monoisotopic (exact) mass is 371 g/mol. The maximum atomic E-state index is 12.7. The van der Waals surface area contributed by atoms with Gasteiger partial charge in [-0.25, -0.2) is 4.98 Å². The zero-order valence-electron chi connectivity index (χ0n) is 15.7. The van der Waals surface area contributed by atoms with Gasteiger partial charge in [-0.15, -0.1) is 0 Å². The first-order valence-corrected chi connectivity index (χ1v) is 9.57. The number of benzene rings is 1. The van der Waals surface area contributed by atoms with Gasteiger partial charge in [-0.1, -0.05) is 30.3 Å². The standard InChI is InChI=1S/C23H21N3O2/c1-16-23(18-7-8-18)24-21-10-9-19(14-26(16)21)25-12-11-20(13-22(25)27)28-15-17-5-3-2-4-6-17/h2-6,9-14,18H,7-8,15H2,1H3. The Balaban J connectivity index is 1.43. The van der Waals surface area contributed by atoms with Gasteiger partial charge >= 0.3 is 0 Å². The number of aromatic nitrogens is 3. The van der Waals surface area contributed by atoms with E-state index in [2.05, 4.69) is 11.3 Å². The summed E-state index contributed by atoms with van der Waals surface area (Å²) in [4.78, 5) is 17.4. The molecule has 5 nitrogen and oxygen atoms in total. The summed E-state index contributed by atoms with van der Waals surface area (Å²) >= 11 is 0. The van der Waals surface area contributed by atoms with Crippen molar-refractivity contribution in [2.45, 2.75) is 32.3 Å². The molecule has 1 aromatic carbocycles. The quantitative estimate of drug-likeness (QED) is 0.527. The predicted molar refractivity (Wildman–Crippen MR) is 108 cm³/mol. The maximum Gasteiger partial charge on any atom is 0.258 e. The van der Waals surface area contributed by atoms with Crippen LogP contribution in [0.5, 0.6) is 5.75 Å². The second-order valence-electron chi connectivity index (χ2n) is 7.32. The van der Waals surface area contributed by atoms with Crippen LogP contribution < -0.4 is 10.3 Å². The number of hydrogen-bond acceptors (Lipinski definition) is 3. The Bertz CT molecular complexity index is 1200. The summed E-state index contributed by atoms with van der Waals surface area (Å²) in [6, 6.07) is 17.2. The number of ether oxygens (including phenoxy) is 1. The first-order chi connectivity index (χ1) is 13.7. The highest BCUT2D eigenvalue weighted by Crippen LogP contribution is 2.41. The molecule has 1 fully saturated rings. The number of imidazole rings is 1. The van der Waals surface area contributed by atoms with Gasteiger partial charge in [0.25, 0.3) is 5.56 Å². The molecular formula is C23H21N3O2. The summed E-state index contributed by atoms with van der Waals surface area (Å²) in [5.74, 6) is 1.17. The molecule has 5 rings (SSSR count). The van der Waals surface area contributed by atoms with Gasteiger partial charge < -0.3 is 9.14 Å². The van der Waals surface area contributed by atoms with Gasteiger partial charge in [0.05, 0.1) is 11.4 Å². The number of hydrogen-bond donors (Lipinski definition) is 0. The summed E-state index contributed by atoms with van der Waals surface area (Å²) in [7, 11) is 0. The zero-order valence-corrected chi connectivity index (χ0v) is 15.7. The van der Waals surface area contributed by atoms with E-state index in [1.807, 2.05) is 54.7 Å². The molecule has 140 valence electrons. The van der Waals surface area contributed by atoms with Crippen molar-refractivity contribution in [3.05, 3.63) is 94.3 Å². The molecule has 0 amide bonds. The van der Waals surface area contributed by atoms with Crippen LogP contribution in [0.1, 0.15) is 35.7 Å². The van der Waals surface area contributed by atoms with Crippen molar-refractivity contribution in [1.82, 2.24) is 14.0 Å². The molecule has 1 aliphatic rings. The van der Waals surface area contributed by atoms with E-state index in [0.29, 0.717) is 18.3 Å². The van der Waals surface area contributed by atoms with Crippen molar-refractivity contribution in [3.8, 4) is 11.4 Å². The highest BCUT2D eigenvalue weighted by Gasteiger charge is 2.28. The summed E-state index contributed by atoms with van der Waals surface area (Å²) in [5.41, 5.74) is 5.04. The molecule has 0 unspecified atom stereocenters. The molecule has 5 heteroatoms. The lowest BCUT2D eigenvalue weighted by Gasteiger charge is -2.10. The third kappa shape index (κ3) is 3.09. The van der Waals surface area contributed by atoms with Gasteiger partial charge in [0.15, 0.2) is 0 Å². The van der Waals surface area contributed by atoms with Crippen LogP contribution in [0.4, 0.5) is 0 Å². The van der Waals surface area contributed by atoms with E-state index < -0.39 is 0 Å². The minimum atomic E-state index is -0.120. The summed E-state index contributed by atoms with van der Waals surface area (Å²) < 4.78 is 9.47. The zero-order chi connectivity index (χ0) is 19.1. The molecule has 0 N–H and O–H groups in total. The maximum absolute atomic E-state index is 12.7. The van der Waals surface area contributed by atoms with Crippen molar-refractivity contribution in [1.29, 1.82) is 0 Å². The van der Waals surface area contributed by atoms with E-state index in [1.165, 1.54) is 24.6 Å². The smallest absolute Gasteiger partial charge is 0.258 e. The molecule has 1 aliphatic carbocycles. The minimum Gasteiger partial charge on any atom is -0.489 e.